The largest absolute Gasteiger partial charge is 0.340 e. The van der Waals surface area contributed by atoms with Crippen molar-refractivity contribution in [3.05, 3.63) is 61.1 Å². The third-order valence-corrected chi connectivity index (χ3v) is 2.54. The molecule has 0 aromatic carbocycles. The Bertz CT molecular complexity index is 579. The zero-order chi connectivity index (χ0) is 13.0. The summed E-state index contributed by atoms with van der Waals surface area (Å²) in [5.74, 6) is 0.698. The molecule has 0 saturated carbocycles. The Labute approximate surface area is 111 Å². The van der Waals surface area contributed by atoms with E-state index in [1.807, 2.05) is 24.3 Å². The molecular formula is C14H12ClN3. The van der Waals surface area contributed by atoms with E-state index in [1.165, 1.54) is 0 Å². The maximum absolute atomic E-state index is 5.92. The summed E-state index contributed by atoms with van der Waals surface area (Å²) in [5.41, 5.74) is 2.40. The van der Waals surface area contributed by atoms with Gasteiger partial charge in [0.1, 0.15) is 5.82 Å². The summed E-state index contributed by atoms with van der Waals surface area (Å²) in [6, 6.07) is 7.48. The molecule has 2 heterocycles. The second kappa shape index (κ2) is 5.47. The van der Waals surface area contributed by atoms with Crippen molar-refractivity contribution in [1.29, 1.82) is 0 Å². The maximum atomic E-state index is 5.92. The number of pyridine rings is 2. The summed E-state index contributed by atoms with van der Waals surface area (Å²) in [4.78, 5) is 8.36. The molecule has 0 aliphatic carbocycles. The second-order valence-corrected chi connectivity index (χ2v) is 4.06. The highest BCUT2D eigenvalue weighted by molar-refractivity contribution is 6.48. The average molecular weight is 258 g/mol. The van der Waals surface area contributed by atoms with Crippen LogP contribution in [-0.2, 0) is 0 Å². The van der Waals surface area contributed by atoms with Crippen molar-refractivity contribution in [2.24, 2.45) is 0 Å². The molecule has 0 fully saturated rings. The Morgan fingerprint density at radius 1 is 1.22 bits per heavy atom. The first kappa shape index (κ1) is 12.3. The van der Waals surface area contributed by atoms with E-state index in [2.05, 4.69) is 28.4 Å². The van der Waals surface area contributed by atoms with Crippen molar-refractivity contribution in [3.63, 3.8) is 0 Å². The normalized spacial score (nSPS) is 9.83. The number of anilines is 2. The van der Waals surface area contributed by atoms with Crippen LogP contribution in [-0.4, -0.2) is 9.97 Å². The molecule has 0 unspecified atom stereocenters. The zero-order valence-corrected chi connectivity index (χ0v) is 10.5. The van der Waals surface area contributed by atoms with Crippen molar-refractivity contribution in [2.45, 2.75) is 0 Å². The third kappa shape index (κ3) is 2.76. The van der Waals surface area contributed by atoms with Gasteiger partial charge in [-0.15, -0.1) is 0 Å². The van der Waals surface area contributed by atoms with Gasteiger partial charge in [0.05, 0.1) is 10.7 Å². The maximum Gasteiger partial charge on any atom is 0.131 e. The van der Waals surface area contributed by atoms with Gasteiger partial charge >= 0.3 is 0 Å². The summed E-state index contributed by atoms with van der Waals surface area (Å²) >= 11 is 5.92. The lowest BCUT2D eigenvalue weighted by Crippen LogP contribution is -1.97. The monoisotopic (exact) mass is 257 g/mol. The van der Waals surface area contributed by atoms with Gasteiger partial charge in [0.15, 0.2) is 0 Å². The smallest absolute Gasteiger partial charge is 0.131 e. The number of hydrogen-bond donors (Lipinski definition) is 1. The number of nitrogens with one attached hydrogen (secondary N) is 1. The lowest BCUT2D eigenvalue weighted by Gasteiger charge is -2.09. The molecule has 0 amide bonds. The van der Waals surface area contributed by atoms with Crippen LogP contribution in [0.3, 0.4) is 0 Å². The third-order valence-electron chi connectivity index (χ3n) is 2.36. The van der Waals surface area contributed by atoms with Crippen LogP contribution < -0.4 is 5.32 Å². The highest BCUT2D eigenvalue weighted by Gasteiger charge is 2.05. The molecule has 1 N–H and O–H groups in total. The fraction of sp³-hybridized carbons (Fsp3) is 0. The van der Waals surface area contributed by atoms with Crippen molar-refractivity contribution < 1.29 is 0 Å². The van der Waals surface area contributed by atoms with Crippen molar-refractivity contribution >= 4 is 34.2 Å². The van der Waals surface area contributed by atoms with Gasteiger partial charge in [-0.25, -0.2) is 4.98 Å². The minimum Gasteiger partial charge on any atom is -0.340 e. The summed E-state index contributed by atoms with van der Waals surface area (Å²) in [6.07, 6.45) is 5.12. The van der Waals surface area contributed by atoms with Gasteiger partial charge in [-0.3, -0.25) is 4.98 Å². The minimum absolute atomic E-state index is 0.392. The van der Waals surface area contributed by atoms with Gasteiger partial charge in [0.2, 0.25) is 0 Å². The standard InChI is InChI=1S/C14H12ClN3/c1-3-11-4-5-13(18-14(11)10(2)15)17-12-6-8-16-9-7-12/h3-9H,1-2H2,(H,16,17,18). The Morgan fingerprint density at radius 3 is 2.56 bits per heavy atom. The van der Waals surface area contributed by atoms with Crippen LogP contribution in [0.15, 0.2) is 49.8 Å². The summed E-state index contributed by atoms with van der Waals surface area (Å²) in [7, 11) is 0. The Morgan fingerprint density at radius 2 is 1.94 bits per heavy atom. The molecule has 0 saturated heterocycles. The van der Waals surface area contributed by atoms with Crippen LogP contribution in [0.1, 0.15) is 11.3 Å². The number of aromatic nitrogens is 2. The molecule has 2 rings (SSSR count). The van der Waals surface area contributed by atoms with E-state index in [1.54, 1.807) is 18.5 Å². The van der Waals surface area contributed by atoms with E-state index in [-0.39, 0.29) is 0 Å². The average Bonchev–Trinajstić information content (AvgIpc) is 2.40. The Kier molecular flexibility index (Phi) is 3.75. The highest BCUT2D eigenvalue weighted by Crippen LogP contribution is 2.23. The molecule has 0 atom stereocenters. The topological polar surface area (TPSA) is 37.8 Å². The molecule has 18 heavy (non-hydrogen) atoms. The molecule has 0 aliphatic heterocycles. The van der Waals surface area contributed by atoms with Crippen molar-refractivity contribution in [1.82, 2.24) is 9.97 Å². The number of halogens is 1. The van der Waals surface area contributed by atoms with Gasteiger partial charge < -0.3 is 5.32 Å². The lowest BCUT2D eigenvalue weighted by atomic mass is 10.2. The molecule has 0 bridgehead atoms. The summed E-state index contributed by atoms with van der Waals surface area (Å²) < 4.78 is 0. The number of hydrogen-bond acceptors (Lipinski definition) is 3. The molecule has 0 spiro atoms. The van der Waals surface area contributed by atoms with E-state index < -0.39 is 0 Å². The van der Waals surface area contributed by atoms with Crippen LogP contribution in [0.5, 0.6) is 0 Å². The Balaban J connectivity index is 2.33. The predicted octanol–water partition coefficient (Wildman–Crippen LogP) is 4.07. The molecule has 90 valence electrons. The van der Waals surface area contributed by atoms with E-state index in [0.29, 0.717) is 16.5 Å². The van der Waals surface area contributed by atoms with Gasteiger partial charge in [0.25, 0.3) is 0 Å². The SMILES string of the molecule is C=Cc1ccc(Nc2ccncc2)nc1C(=C)Cl. The molecule has 0 radical (unpaired) electrons. The first-order valence-electron chi connectivity index (χ1n) is 5.36. The Hall–Kier alpha value is -2.13. The highest BCUT2D eigenvalue weighted by atomic mass is 35.5. The molecule has 4 heteroatoms. The van der Waals surface area contributed by atoms with E-state index in [9.17, 15) is 0 Å². The molecular weight excluding hydrogens is 246 g/mol. The molecule has 0 aliphatic rings. The van der Waals surface area contributed by atoms with Crippen molar-refractivity contribution in [3.8, 4) is 0 Å². The van der Waals surface area contributed by atoms with Crippen LogP contribution in [0, 0.1) is 0 Å². The number of nitrogens with zero attached hydrogens (tertiary/aromatic N) is 2. The van der Waals surface area contributed by atoms with Crippen LogP contribution >= 0.6 is 11.6 Å². The summed E-state index contributed by atoms with van der Waals surface area (Å²) in [5, 5.41) is 3.56. The lowest BCUT2D eigenvalue weighted by molar-refractivity contribution is 1.26. The van der Waals surface area contributed by atoms with E-state index >= 15 is 0 Å². The molecule has 3 nitrogen and oxygen atoms in total. The van der Waals surface area contributed by atoms with Crippen molar-refractivity contribution in [2.75, 3.05) is 5.32 Å². The predicted molar refractivity (Wildman–Crippen MR) is 76.7 cm³/mol. The molecule has 2 aromatic heterocycles. The van der Waals surface area contributed by atoms with Crippen LogP contribution in [0.4, 0.5) is 11.5 Å². The fourth-order valence-electron chi connectivity index (χ4n) is 1.50. The van der Waals surface area contributed by atoms with E-state index in [0.717, 1.165) is 11.3 Å². The van der Waals surface area contributed by atoms with Gasteiger partial charge in [0, 0.05) is 23.6 Å². The first-order chi connectivity index (χ1) is 8.70. The van der Waals surface area contributed by atoms with Crippen LogP contribution in [0.25, 0.3) is 11.1 Å². The fourth-order valence-corrected chi connectivity index (χ4v) is 1.66. The second-order valence-electron chi connectivity index (χ2n) is 3.60. The molecule has 2 aromatic rings. The van der Waals surface area contributed by atoms with Gasteiger partial charge in [-0.05, 0) is 24.3 Å². The zero-order valence-electron chi connectivity index (χ0n) is 9.73. The van der Waals surface area contributed by atoms with Gasteiger partial charge in [-0.1, -0.05) is 30.8 Å². The van der Waals surface area contributed by atoms with Gasteiger partial charge in [-0.2, -0.15) is 0 Å². The minimum atomic E-state index is 0.392. The first-order valence-corrected chi connectivity index (χ1v) is 5.74. The van der Waals surface area contributed by atoms with Crippen LogP contribution in [0.2, 0.25) is 0 Å². The quantitative estimate of drug-likeness (QED) is 0.897. The van der Waals surface area contributed by atoms with E-state index in [4.69, 9.17) is 11.6 Å². The summed E-state index contributed by atoms with van der Waals surface area (Å²) in [6.45, 7) is 7.42. The number of rotatable bonds is 4.